The first-order valence-electron chi connectivity index (χ1n) is 9.43. The van der Waals surface area contributed by atoms with Crippen LogP contribution in [0.3, 0.4) is 0 Å². The van der Waals surface area contributed by atoms with Crippen LogP contribution in [-0.2, 0) is 19.2 Å². The molecule has 0 aromatic rings. The summed E-state index contributed by atoms with van der Waals surface area (Å²) in [5.41, 5.74) is 5.42. The number of hydrogen-bond donors (Lipinski definition) is 5. The van der Waals surface area contributed by atoms with Gasteiger partial charge in [-0.3, -0.25) is 14.4 Å². The fourth-order valence-corrected chi connectivity index (χ4v) is 2.55. The number of carbonyl (C=O) groups is 4. The minimum absolute atomic E-state index is 0.187. The summed E-state index contributed by atoms with van der Waals surface area (Å²) < 4.78 is 0. The summed E-state index contributed by atoms with van der Waals surface area (Å²) in [6, 6.07) is -2.46. The van der Waals surface area contributed by atoms with E-state index in [1.165, 1.54) is 0 Å². The number of amides is 2. The summed E-state index contributed by atoms with van der Waals surface area (Å²) in [4.78, 5) is 46.4. The zero-order valence-corrected chi connectivity index (χ0v) is 16.2. The van der Waals surface area contributed by atoms with E-state index in [4.69, 9.17) is 15.9 Å². The minimum Gasteiger partial charge on any atom is -0.481 e. The molecule has 0 heterocycles. The summed E-state index contributed by atoms with van der Waals surface area (Å²) in [5, 5.41) is 22.8. The van der Waals surface area contributed by atoms with Crippen LogP contribution in [0.5, 0.6) is 0 Å². The lowest BCUT2D eigenvalue weighted by molar-refractivity contribution is -0.144. The van der Waals surface area contributed by atoms with Gasteiger partial charge in [-0.25, -0.2) is 4.79 Å². The average Bonchev–Trinajstić information content (AvgIpc) is 2.57. The van der Waals surface area contributed by atoms with Gasteiger partial charge in [0.05, 0.1) is 6.42 Å². The van der Waals surface area contributed by atoms with Gasteiger partial charge < -0.3 is 26.6 Å². The van der Waals surface area contributed by atoms with E-state index in [0.29, 0.717) is 13.0 Å². The van der Waals surface area contributed by atoms with Gasteiger partial charge in [-0.2, -0.15) is 0 Å². The number of carboxylic acids is 2. The van der Waals surface area contributed by atoms with Gasteiger partial charge in [0, 0.05) is 6.42 Å². The van der Waals surface area contributed by atoms with E-state index in [-0.39, 0.29) is 12.3 Å². The number of carbonyl (C=O) groups excluding carboxylic acids is 2. The molecule has 0 aliphatic rings. The van der Waals surface area contributed by atoms with E-state index in [0.717, 1.165) is 32.1 Å². The van der Waals surface area contributed by atoms with E-state index in [9.17, 15) is 19.2 Å². The second-order valence-corrected chi connectivity index (χ2v) is 6.95. The Bertz CT molecular complexity index is 495. The van der Waals surface area contributed by atoms with Crippen LogP contribution in [0.4, 0.5) is 0 Å². The van der Waals surface area contributed by atoms with E-state index >= 15 is 0 Å². The highest BCUT2D eigenvalue weighted by Crippen LogP contribution is 2.08. The third-order valence-corrected chi connectivity index (χ3v) is 4.12. The van der Waals surface area contributed by atoms with Gasteiger partial charge in [-0.05, 0) is 25.3 Å². The van der Waals surface area contributed by atoms with Crippen LogP contribution in [0.15, 0.2) is 0 Å². The van der Waals surface area contributed by atoms with Crippen molar-refractivity contribution in [2.45, 2.75) is 77.3 Å². The van der Waals surface area contributed by atoms with Crippen molar-refractivity contribution < 1.29 is 29.4 Å². The molecule has 2 amide bonds. The van der Waals surface area contributed by atoms with Crippen LogP contribution in [0, 0.1) is 5.92 Å². The molecule has 9 heteroatoms. The molecular formula is C18H33N3O6. The summed E-state index contributed by atoms with van der Waals surface area (Å²) in [7, 11) is 0. The standard InChI is InChI=1S/C18H33N3O6/c1-12(2)16(18(26)27)21-17(25)13(11-15(23)24)20-14(22)9-7-5-3-4-6-8-10-19/h12-13,16H,3-11,19H2,1-2H3,(H,20,22)(H,21,25)(H,23,24)(H,26,27). The first-order valence-corrected chi connectivity index (χ1v) is 9.43. The van der Waals surface area contributed by atoms with Gasteiger partial charge in [0.2, 0.25) is 11.8 Å². The summed E-state index contributed by atoms with van der Waals surface area (Å²) in [5.74, 6) is -4.09. The molecule has 0 fully saturated rings. The third kappa shape index (κ3) is 12.0. The van der Waals surface area contributed by atoms with Crippen LogP contribution in [-0.4, -0.2) is 52.6 Å². The van der Waals surface area contributed by atoms with Crippen molar-refractivity contribution in [3.8, 4) is 0 Å². The topological polar surface area (TPSA) is 159 Å². The van der Waals surface area contributed by atoms with Gasteiger partial charge >= 0.3 is 11.9 Å². The normalized spacial score (nSPS) is 13.0. The third-order valence-electron chi connectivity index (χ3n) is 4.12. The fraction of sp³-hybridized carbons (Fsp3) is 0.778. The molecule has 0 aliphatic carbocycles. The summed E-state index contributed by atoms with van der Waals surface area (Å²) >= 11 is 0. The number of hydrogen-bond acceptors (Lipinski definition) is 5. The Morgan fingerprint density at radius 3 is 1.93 bits per heavy atom. The molecule has 0 aromatic carbocycles. The Morgan fingerprint density at radius 1 is 0.889 bits per heavy atom. The molecule has 6 N–H and O–H groups in total. The van der Waals surface area contributed by atoms with Crippen molar-refractivity contribution in [3.05, 3.63) is 0 Å². The quantitative estimate of drug-likeness (QED) is 0.261. The molecular weight excluding hydrogens is 354 g/mol. The maximum atomic E-state index is 12.2. The van der Waals surface area contributed by atoms with Crippen LogP contribution < -0.4 is 16.4 Å². The van der Waals surface area contributed by atoms with E-state index in [1.54, 1.807) is 13.8 Å². The first kappa shape index (κ1) is 24.8. The molecule has 0 aliphatic heterocycles. The molecule has 0 radical (unpaired) electrons. The van der Waals surface area contributed by atoms with Crippen molar-refractivity contribution in [1.82, 2.24) is 10.6 Å². The maximum absolute atomic E-state index is 12.2. The van der Waals surface area contributed by atoms with Crippen LogP contribution in [0.1, 0.15) is 65.2 Å². The van der Waals surface area contributed by atoms with E-state index < -0.39 is 42.3 Å². The molecule has 0 saturated carbocycles. The zero-order valence-electron chi connectivity index (χ0n) is 16.2. The van der Waals surface area contributed by atoms with E-state index in [2.05, 4.69) is 10.6 Å². The lowest BCUT2D eigenvalue weighted by Crippen LogP contribution is -2.53. The Labute approximate surface area is 160 Å². The minimum atomic E-state index is -1.31. The SMILES string of the molecule is CC(C)C(NC(=O)C(CC(=O)O)NC(=O)CCCCCCCCN)C(=O)O. The number of carboxylic acid groups (broad SMARTS) is 2. The maximum Gasteiger partial charge on any atom is 0.326 e. The molecule has 0 saturated heterocycles. The number of unbranched alkanes of at least 4 members (excludes halogenated alkanes) is 5. The molecule has 2 atom stereocenters. The highest BCUT2D eigenvalue weighted by Gasteiger charge is 2.29. The van der Waals surface area contributed by atoms with Crippen molar-refractivity contribution in [1.29, 1.82) is 0 Å². The molecule has 2 unspecified atom stereocenters. The zero-order chi connectivity index (χ0) is 20.8. The smallest absolute Gasteiger partial charge is 0.326 e. The van der Waals surface area contributed by atoms with Crippen molar-refractivity contribution in [2.24, 2.45) is 11.7 Å². The Hall–Kier alpha value is -2.16. The highest BCUT2D eigenvalue weighted by atomic mass is 16.4. The predicted octanol–water partition coefficient (Wildman–Crippen LogP) is 0.861. The summed E-state index contributed by atoms with van der Waals surface area (Å²) in [6.07, 6.45) is 5.16. The van der Waals surface area contributed by atoms with Crippen LogP contribution in [0.2, 0.25) is 0 Å². The van der Waals surface area contributed by atoms with Crippen molar-refractivity contribution in [2.75, 3.05) is 6.54 Å². The Balaban J connectivity index is 4.50. The second-order valence-electron chi connectivity index (χ2n) is 6.95. The van der Waals surface area contributed by atoms with Crippen LogP contribution >= 0.6 is 0 Å². The van der Waals surface area contributed by atoms with Crippen LogP contribution in [0.25, 0.3) is 0 Å². The summed E-state index contributed by atoms with van der Waals surface area (Å²) in [6.45, 7) is 3.92. The van der Waals surface area contributed by atoms with Gasteiger partial charge in [-0.1, -0.05) is 39.5 Å². The molecule has 156 valence electrons. The fourth-order valence-electron chi connectivity index (χ4n) is 2.55. The largest absolute Gasteiger partial charge is 0.481 e. The lowest BCUT2D eigenvalue weighted by Gasteiger charge is -2.22. The second kappa shape index (κ2) is 14.0. The Kier molecular flexibility index (Phi) is 12.8. The highest BCUT2D eigenvalue weighted by molar-refractivity contribution is 5.92. The Morgan fingerprint density at radius 2 is 1.44 bits per heavy atom. The monoisotopic (exact) mass is 387 g/mol. The van der Waals surface area contributed by atoms with Gasteiger partial charge in [-0.15, -0.1) is 0 Å². The molecule has 0 rings (SSSR count). The number of nitrogens with one attached hydrogen (secondary N) is 2. The van der Waals surface area contributed by atoms with Crippen molar-refractivity contribution in [3.63, 3.8) is 0 Å². The van der Waals surface area contributed by atoms with E-state index in [1.807, 2.05) is 0 Å². The van der Waals surface area contributed by atoms with Gasteiger partial charge in [0.1, 0.15) is 12.1 Å². The average molecular weight is 387 g/mol. The number of aliphatic carboxylic acids is 2. The molecule has 0 bridgehead atoms. The number of nitrogens with two attached hydrogens (primary N) is 1. The molecule has 9 nitrogen and oxygen atoms in total. The van der Waals surface area contributed by atoms with Crippen molar-refractivity contribution >= 4 is 23.8 Å². The van der Waals surface area contributed by atoms with Gasteiger partial charge in [0.25, 0.3) is 0 Å². The predicted molar refractivity (Wildman–Crippen MR) is 100.0 cm³/mol. The molecule has 0 aromatic heterocycles. The molecule has 27 heavy (non-hydrogen) atoms. The van der Waals surface area contributed by atoms with Gasteiger partial charge in [0.15, 0.2) is 0 Å². The lowest BCUT2D eigenvalue weighted by atomic mass is 10.0. The number of rotatable bonds is 15. The first-order chi connectivity index (χ1) is 12.7. The molecule has 0 spiro atoms.